The van der Waals surface area contributed by atoms with Gasteiger partial charge in [-0.3, -0.25) is 9.59 Å². The third-order valence-electron chi connectivity index (χ3n) is 5.41. The highest BCUT2D eigenvalue weighted by Gasteiger charge is 2.34. The first-order valence-corrected chi connectivity index (χ1v) is 8.51. The van der Waals surface area contributed by atoms with E-state index in [9.17, 15) is 9.59 Å². The van der Waals surface area contributed by atoms with E-state index in [4.69, 9.17) is 9.47 Å². The number of methoxy groups -OCH3 is 1. The number of nitrogens with one attached hydrogen (secondary N) is 1. The van der Waals surface area contributed by atoms with Gasteiger partial charge >= 0.3 is 0 Å². The second kappa shape index (κ2) is 6.06. The Bertz CT molecular complexity index is 848. The largest absolute Gasteiger partial charge is 0.497 e. The van der Waals surface area contributed by atoms with Gasteiger partial charge in [-0.05, 0) is 43.2 Å². The van der Waals surface area contributed by atoms with Gasteiger partial charge in [0.05, 0.1) is 18.2 Å². The van der Waals surface area contributed by atoms with Crippen LogP contribution in [0, 0.1) is 11.8 Å². The number of Topliss-reactive ketones (excluding diaryl/α,β-unsaturated/α-hetero) is 1. The van der Waals surface area contributed by atoms with Crippen LogP contribution < -0.4 is 10.2 Å². The minimum atomic E-state index is -0.156. The zero-order valence-corrected chi connectivity index (χ0v) is 13.8. The number of H-pyrrole nitrogens is 1. The normalized spacial score (nSPS) is 21.7. The van der Waals surface area contributed by atoms with E-state index in [-0.39, 0.29) is 11.2 Å². The Morgan fingerprint density at radius 1 is 1.12 bits per heavy atom. The number of aromatic nitrogens is 1. The molecule has 2 heterocycles. The van der Waals surface area contributed by atoms with Crippen molar-refractivity contribution in [1.82, 2.24) is 4.98 Å². The minimum Gasteiger partial charge on any atom is -0.497 e. The van der Waals surface area contributed by atoms with Gasteiger partial charge in [-0.1, -0.05) is 0 Å². The lowest BCUT2D eigenvalue weighted by atomic mass is 9.75. The second-order valence-electron chi connectivity index (χ2n) is 6.76. The molecule has 2 aliphatic rings. The first-order valence-electron chi connectivity index (χ1n) is 8.51. The zero-order valence-electron chi connectivity index (χ0n) is 13.8. The molecule has 5 nitrogen and oxygen atoms in total. The molecule has 5 heteroatoms. The van der Waals surface area contributed by atoms with E-state index >= 15 is 0 Å². The lowest BCUT2D eigenvalue weighted by Crippen LogP contribution is -2.34. The number of rotatable bonds is 2. The van der Waals surface area contributed by atoms with Crippen molar-refractivity contribution in [2.75, 3.05) is 20.3 Å². The molecule has 0 radical (unpaired) electrons. The zero-order chi connectivity index (χ0) is 16.7. The number of benzene rings is 1. The van der Waals surface area contributed by atoms with Gasteiger partial charge < -0.3 is 14.5 Å². The standard InChI is InChI=1S/C19H21NO4/c1-23-13-2-3-14-15(10-13)20-16-8-12(11-4-6-24-7-5-11)9-17(21)18(16)19(14)22/h2-3,10-12H,4-9H2,1H3,(H,20,22). The van der Waals surface area contributed by atoms with Crippen molar-refractivity contribution >= 4 is 16.7 Å². The van der Waals surface area contributed by atoms with Crippen molar-refractivity contribution in [2.45, 2.75) is 25.7 Å². The molecule has 0 bridgehead atoms. The van der Waals surface area contributed by atoms with E-state index in [1.165, 1.54) is 0 Å². The third-order valence-corrected chi connectivity index (χ3v) is 5.41. The Morgan fingerprint density at radius 3 is 2.67 bits per heavy atom. The molecule has 1 aromatic carbocycles. The predicted molar refractivity (Wildman–Crippen MR) is 90.8 cm³/mol. The number of ether oxygens (including phenoxy) is 2. The minimum absolute atomic E-state index is 0.0216. The molecule has 1 aliphatic carbocycles. The van der Waals surface area contributed by atoms with E-state index in [1.807, 2.05) is 6.07 Å². The highest BCUT2D eigenvalue weighted by Crippen LogP contribution is 2.34. The molecule has 2 aromatic rings. The van der Waals surface area contributed by atoms with Crippen molar-refractivity contribution in [3.8, 4) is 5.75 Å². The average Bonchev–Trinajstić information content (AvgIpc) is 2.61. The molecule has 0 amide bonds. The summed E-state index contributed by atoms with van der Waals surface area (Å²) in [7, 11) is 1.60. The molecule has 0 spiro atoms. The van der Waals surface area contributed by atoms with Gasteiger partial charge in [-0.25, -0.2) is 0 Å². The summed E-state index contributed by atoms with van der Waals surface area (Å²) in [5.74, 6) is 1.47. The molecule has 1 N–H and O–H groups in total. The fourth-order valence-electron chi connectivity index (χ4n) is 4.09. The van der Waals surface area contributed by atoms with E-state index in [0.717, 1.165) is 43.7 Å². The van der Waals surface area contributed by atoms with Crippen LogP contribution in [0.15, 0.2) is 23.0 Å². The molecular weight excluding hydrogens is 306 g/mol. The molecule has 1 saturated heterocycles. The summed E-state index contributed by atoms with van der Waals surface area (Å²) in [6, 6.07) is 5.30. The maximum absolute atomic E-state index is 12.8. The lowest BCUT2D eigenvalue weighted by Gasteiger charge is -2.33. The van der Waals surface area contributed by atoms with Gasteiger partial charge in [0.15, 0.2) is 11.2 Å². The first kappa shape index (κ1) is 15.4. The molecule has 126 valence electrons. The summed E-state index contributed by atoms with van der Waals surface area (Å²) in [6.45, 7) is 1.54. The van der Waals surface area contributed by atoms with Crippen LogP contribution in [0.1, 0.15) is 35.3 Å². The number of fused-ring (bicyclic) bond motifs is 2. The number of aromatic amines is 1. The van der Waals surface area contributed by atoms with Crippen LogP contribution in [0.25, 0.3) is 10.9 Å². The highest BCUT2D eigenvalue weighted by molar-refractivity contribution is 6.01. The molecule has 24 heavy (non-hydrogen) atoms. The highest BCUT2D eigenvalue weighted by atomic mass is 16.5. The van der Waals surface area contributed by atoms with Crippen LogP contribution in [0.4, 0.5) is 0 Å². The SMILES string of the molecule is COc1ccc2c(=O)c3c([nH]c2c1)CC(C1CCOCC1)CC3=O. The number of carbonyl (C=O) groups excluding carboxylic acids is 1. The van der Waals surface area contributed by atoms with Crippen molar-refractivity contribution < 1.29 is 14.3 Å². The Morgan fingerprint density at radius 2 is 1.92 bits per heavy atom. The summed E-state index contributed by atoms with van der Waals surface area (Å²) < 4.78 is 10.7. The Kier molecular flexibility index (Phi) is 3.88. The van der Waals surface area contributed by atoms with Crippen LogP contribution in [-0.4, -0.2) is 31.1 Å². The number of ketones is 1. The smallest absolute Gasteiger partial charge is 0.200 e. The molecule has 1 unspecified atom stereocenters. The predicted octanol–water partition coefficient (Wildman–Crippen LogP) is 2.71. The summed E-state index contributed by atoms with van der Waals surface area (Å²) >= 11 is 0. The summed E-state index contributed by atoms with van der Waals surface area (Å²) in [4.78, 5) is 28.7. The van der Waals surface area contributed by atoms with Crippen molar-refractivity contribution in [2.24, 2.45) is 11.8 Å². The molecule has 0 saturated carbocycles. The van der Waals surface area contributed by atoms with E-state index in [0.29, 0.717) is 35.0 Å². The molecule has 1 aliphatic heterocycles. The third kappa shape index (κ3) is 2.53. The van der Waals surface area contributed by atoms with Gasteiger partial charge in [0.25, 0.3) is 0 Å². The number of hydrogen-bond donors (Lipinski definition) is 1. The fraction of sp³-hybridized carbons (Fsp3) is 0.474. The maximum atomic E-state index is 12.8. The first-order chi connectivity index (χ1) is 11.7. The molecule has 4 rings (SSSR count). The fourth-order valence-corrected chi connectivity index (χ4v) is 4.09. The Hall–Kier alpha value is -2.14. The number of hydrogen-bond acceptors (Lipinski definition) is 4. The van der Waals surface area contributed by atoms with E-state index < -0.39 is 0 Å². The topological polar surface area (TPSA) is 68.4 Å². The average molecular weight is 327 g/mol. The van der Waals surface area contributed by atoms with E-state index in [2.05, 4.69) is 4.98 Å². The Balaban J connectivity index is 1.77. The quantitative estimate of drug-likeness (QED) is 0.921. The molecular formula is C19H21NO4. The van der Waals surface area contributed by atoms with Crippen LogP contribution in [0.3, 0.4) is 0 Å². The van der Waals surface area contributed by atoms with Crippen molar-refractivity contribution in [1.29, 1.82) is 0 Å². The van der Waals surface area contributed by atoms with Crippen LogP contribution in [0.2, 0.25) is 0 Å². The summed E-state index contributed by atoms with van der Waals surface area (Å²) in [6.07, 6.45) is 3.23. The number of carbonyl (C=O) groups is 1. The maximum Gasteiger partial charge on any atom is 0.200 e. The summed E-state index contributed by atoms with van der Waals surface area (Å²) in [5, 5.41) is 0.549. The molecule has 1 fully saturated rings. The molecule has 1 aromatic heterocycles. The van der Waals surface area contributed by atoms with Crippen LogP contribution >= 0.6 is 0 Å². The Labute approximate surface area is 140 Å². The lowest BCUT2D eigenvalue weighted by molar-refractivity contribution is 0.0423. The van der Waals surface area contributed by atoms with Gasteiger partial charge in [-0.2, -0.15) is 0 Å². The van der Waals surface area contributed by atoms with Gasteiger partial charge in [-0.15, -0.1) is 0 Å². The van der Waals surface area contributed by atoms with Crippen LogP contribution in [-0.2, 0) is 11.2 Å². The van der Waals surface area contributed by atoms with Crippen molar-refractivity contribution in [3.05, 3.63) is 39.7 Å². The van der Waals surface area contributed by atoms with Crippen LogP contribution in [0.5, 0.6) is 5.75 Å². The number of pyridine rings is 1. The van der Waals surface area contributed by atoms with Gasteiger partial charge in [0.1, 0.15) is 5.75 Å². The van der Waals surface area contributed by atoms with E-state index in [1.54, 1.807) is 19.2 Å². The van der Waals surface area contributed by atoms with Gasteiger partial charge in [0.2, 0.25) is 0 Å². The summed E-state index contributed by atoms with van der Waals surface area (Å²) in [5.41, 5.74) is 1.72. The van der Waals surface area contributed by atoms with Crippen molar-refractivity contribution in [3.63, 3.8) is 0 Å². The monoisotopic (exact) mass is 327 g/mol. The molecule has 1 atom stereocenters. The van der Waals surface area contributed by atoms with Gasteiger partial charge in [0, 0.05) is 36.8 Å². The second-order valence-corrected chi connectivity index (χ2v) is 6.76.